The number of aromatic hydroxyl groups is 1. The molecule has 1 N–H and O–H groups in total. The van der Waals surface area contributed by atoms with Gasteiger partial charge in [-0.2, -0.15) is 5.10 Å². The van der Waals surface area contributed by atoms with Crippen LogP contribution in [-0.4, -0.2) is 22.9 Å². The summed E-state index contributed by atoms with van der Waals surface area (Å²) in [6.07, 6.45) is 0.0308. The smallest absolute Gasteiger partial charge is 0.213 e. The molecule has 2 heterocycles. The third kappa shape index (κ3) is 2.97. The fraction of sp³-hybridized carbons (Fsp3) is 0.174. The van der Waals surface area contributed by atoms with Crippen molar-refractivity contribution in [2.24, 2.45) is 5.10 Å². The summed E-state index contributed by atoms with van der Waals surface area (Å²) >= 11 is 0. The first-order chi connectivity index (χ1) is 14.1. The van der Waals surface area contributed by atoms with Gasteiger partial charge in [0, 0.05) is 23.1 Å². The number of phenolic OH excluding ortho intramolecular Hbond substituents is 1. The van der Waals surface area contributed by atoms with Crippen LogP contribution in [0.3, 0.4) is 0 Å². The Bertz CT molecular complexity index is 1110. The summed E-state index contributed by atoms with van der Waals surface area (Å²) in [7, 11) is 1.58. The first-order valence-electron chi connectivity index (χ1n) is 9.38. The predicted octanol–water partition coefficient (Wildman–Crippen LogP) is 4.78. The van der Waals surface area contributed by atoms with Crippen molar-refractivity contribution in [2.75, 3.05) is 7.11 Å². The third-order valence-electron chi connectivity index (χ3n) is 5.35. The van der Waals surface area contributed by atoms with Crippen LogP contribution >= 0.6 is 0 Å². The molecule has 0 spiro atoms. The van der Waals surface area contributed by atoms with Crippen molar-refractivity contribution < 1.29 is 19.0 Å². The summed E-state index contributed by atoms with van der Waals surface area (Å²) in [4.78, 5) is 0. The van der Waals surface area contributed by atoms with E-state index in [0.717, 1.165) is 17.0 Å². The number of benzene rings is 3. The molecule has 2 aliphatic rings. The van der Waals surface area contributed by atoms with Crippen LogP contribution in [0.1, 0.15) is 35.4 Å². The maximum atomic E-state index is 13.9. The molecule has 0 aliphatic carbocycles. The van der Waals surface area contributed by atoms with E-state index in [9.17, 15) is 9.50 Å². The molecule has 0 unspecified atom stereocenters. The lowest BCUT2D eigenvalue weighted by atomic mass is 9.95. The Balaban J connectivity index is 1.61. The molecule has 3 aromatic carbocycles. The van der Waals surface area contributed by atoms with Crippen molar-refractivity contribution in [2.45, 2.75) is 18.7 Å². The standard InChI is InChI=1S/C23H19FN2O3/c1-28-16-9-10-21(27)18(12-16)19-13-20-17-7-2-3-8-22(17)29-23(26(20)25-19)14-5-4-6-15(24)11-14/h2-12,20,23,27H,13H2,1H3/t20-,23-/m1/s1. The third-order valence-corrected chi connectivity index (χ3v) is 5.35. The average molecular weight is 390 g/mol. The minimum Gasteiger partial charge on any atom is -0.507 e. The van der Waals surface area contributed by atoms with E-state index in [4.69, 9.17) is 14.6 Å². The van der Waals surface area contributed by atoms with E-state index in [1.165, 1.54) is 12.1 Å². The maximum Gasteiger partial charge on any atom is 0.213 e. The van der Waals surface area contributed by atoms with Crippen molar-refractivity contribution in [3.8, 4) is 17.2 Å². The van der Waals surface area contributed by atoms with Crippen molar-refractivity contribution in [3.63, 3.8) is 0 Å². The fourth-order valence-corrected chi connectivity index (χ4v) is 3.95. The number of para-hydroxylation sites is 1. The van der Waals surface area contributed by atoms with E-state index in [2.05, 4.69) is 0 Å². The number of rotatable bonds is 3. The lowest BCUT2D eigenvalue weighted by molar-refractivity contribution is -0.0192. The van der Waals surface area contributed by atoms with Crippen molar-refractivity contribution in [1.29, 1.82) is 0 Å². The minimum absolute atomic E-state index is 0.0752. The molecule has 0 bridgehead atoms. The Morgan fingerprint density at radius 2 is 1.97 bits per heavy atom. The number of methoxy groups -OCH3 is 1. The van der Waals surface area contributed by atoms with E-state index < -0.39 is 6.23 Å². The summed E-state index contributed by atoms with van der Waals surface area (Å²) in [6, 6.07) is 19.2. The van der Waals surface area contributed by atoms with Gasteiger partial charge in [-0.15, -0.1) is 0 Å². The predicted molar refractivity (Wildman–Crippen MR) is 107 cm³/mol. The number of hydrazone groups is 1. The summed E-state index contributed by atoms with van der Waals surface area (Å²) in [5.74, 6) is 1.22. The molecule has 3 aromatic rings. The van der Waals surface area contributed by atoms with E-state index in [-0.39, 0.29) is 17.6 Å². The highest BCUT2D eigenvalue weighted by Crippen LogP contribution is 2.48. The summed E-state index contributed by atoms with van der Waals surface area (Å²) in [5, 5.41) is 17.0. The highest BCUT2D eigenvalue weighted by molar-refractivity contribution is 6.04. The zero-order valence-electron chi connectivity index (χ0n) is 15.7. The van der Waals surface area contributed by atoms with Crippen LogP contribution in [0.5, 0.6) is 17.2 Å². The Morgan fingerprint density at radius 3 is 2.79 bits per heavy atom. The second kappa shape index (κ2) is 6.81. The topological polar surface area (TPSA) is 54.3 Å². The molecule has 5 nitrogen and oxygen atoms in total. The molecule has 0 fully saturated rings. The van der Waals surface area contributed by atoms with Crippen molar-refractivity contribution in [3.05, 3.63) is 89.2 Å². The monoisotopic (exact) mass is 390 g/mol. The normalized spacial score (nSPS) is 19.8. The maximum absolute atomic E-state index is 13.9. The second-order valence-electron chi connectivity index (χ2n) is 7.09. The Hall–Kier alpha value is -3.54. The second-order valence-corrected chi connectivity index (χ2v) is 7.09. The first kappa shape index (κ1) is 17.6. The van der Waals surface area contributed by atoms with Gasteiger partial charge in [0.05, 0.1) is 18.9 Å². The zero-order valence-corrected chi connectivity index (χ0v) is 15.7. The Morgan fingerprint density at radius 1 is 1.10 bits per heavy atom. The van der Waals surface area contributed by atoms with Gasteiger partial charge >= 0.3 is 0 Å². The van der Waals surface area contributed by atoms with Gasteiger partial charge < -0.3 is 14.6 Å². The number of hydrogen-bond acceptors (Lipinski definition) is 5. The molecule has 2 atom stereocenters. The number of nitrogens with zero attached hydrogens (tertiary/aromatic N) is 2. The van der Waals surface area contributed by atoms with Crippen molar-refractivity contribution in [1.82, 2.24) is 5.01 Å². The SMILES string of the molecule is COc1ccc(O)c(C2=NN3[C@H](C2)c2ccccc2O[C@@H]3c2cccc(F)c2)c1. The van der Waals surface area contributed by atoms with Gasteiger partial charge in [0.1, 0.15) is 23.1 Å². The van der Waals surface area contributed by atoms with Crippen LogP contribution in [0.25, 0.3) is 0 Å². The minimum atomic E-state index is -0.559. The zero-order chi connectivity index (χ0) is 20.0. The quantitative estimate of drug-likeness (QED) is 0.699. The Kier molecular flexibility index (Phi) is 4.12. The molecule has 0 radical (unpaired) electrons. The van der Waals surface area contributed by atoms with Gasteiger partial charge in [0.15, 0.2) is 0 Å². The highest BCUT2D eigenvalue weighted by atomic mass is 19.1. The van der Waals surface area contributed by atoms with E-state index >= 15 is 0 Å². The average Bonchev–Trinajstić information content (AvgIpc) is 3.19. The summed E-state index contributed by atoms with van der Waals surface area (Å²) < 4.78 is 25.4. The molecule has 5 rings (SSSR count). The molecule has 146 valence electrons. The van der Waals surface area contributed by atoms with E-state index in [0.29, 0.717) is 23.3 Å². The molecule has 0 aromatic heterocycles. The van der Waals surface area contributed by atoms with Crippen molar-refractivity contribution >= 4 is 5.71 Å². The largest absolute Gasteiger partial charge is 0.507 e. The molecule has 0 saturated carbocycles. The summed E-state index contributed by atoms with van der Waals surface area (Å²) in [5.41, 5.74) is 3.05. The summed E-state index contributed by atoms with van der Waals surface area (Å²) in [6.45, 7) is 0. The van der Waals surface area contributed by atoms with Gasteiger partial charge in [-0.1, -0.05) is 30.3 Å². The number of ether oxygens (including phenoxy) is 2. The molecule has 0 amide bonds. The fourth-order valence-electron chi connectivity index (χ4n) is 3.95. The Labute approximate surface area is 167 Å². The number of halogens is 1. The van der Waals surface area contributed by atoms with Gasteiger partial charge in [-0.25, -0.2) is 9.40 Å². The lowest BCUT2D eigenvalue weighted by Gasteiger charge is -2.38. The van der Waals surface area contributed by atoms with E-state index in [1.807, 2.05) is 35.3 Å². The molecule has 29 heavy (non-hydrogen) atoms. The molecule has 6 heteroatoms. The van der Waals surface area contributed by atoms with Gasteiger partial charge in [0.2, 0.25) is 6.23 Å². The van der Waals surface area contributed by atoms with Crippen LogP contribution in [0.2, 0.25) is 0 Å². The number of hydrogen-bond donors (Lipinski definition) is 1. The van der Waals surface area contributed by atoms with Crippen LogP contribution in [0.15, 0.2) is 71.8 Å². The lowest BCUT2D eigenvalue weighted by Crippen LogP contribution is -2.33. The van der Waals surface area contributed by atoms with Crippen LogP contribution < -0.4 is 9.47 Å². The van der Waals surface area contributed by atoms with Gasteiger partial charge in [0.25, 0.3) is 0 Å². The number of phenols is 1. The number of fused-ring (bicyclic) bond motifs is 3. The van der Waals surface area contributed by atoms with Crippen LogP contribution in [0, 0.1) is 5.82 Å². The molecule has 0 saturated heterocycles. The van der Waals surface area contributed by atoms with Crippen LogP contribution in [-0.2, 0) is 0 Å². The van der Waals surface area contributed by atoms with E-state index in [1.54, 1.807) is 31.4 Å². The molecule has 2 aliphatic heterocycles. The molecular formula is C23H19FN2O3. The highest BCUT2D eigenvalue weighted by Gasteiger charge is 2.41. The van der Waals surface area contributed by atoms with Gasteiger partial charge in [-0.3, -0.25) is 0 Å². The first-order valence-corrected chi connectivity index (χ1v) is 9.38. The molecular weight excluding hydrogens is 371 g/mol. The van der Waals surface area contributed by atoms with Crippen LogP contribution in [0.4, 0.5) is 4.39 Å². The van der Waals surface area contributed by atoms with Gasteiger partial charge in [-0.05, 0) is 36.4 Å².